The van der Waals surface area contributed by atoms with Gasteiger partial charge in [0.05, 0.1) is 5.02 Å². The summed E-state index contributed by atoms with van der Waals surface area (Å²) in [7, 11) is 0. The van der Waals surface area contributed by atoms with Crippen molar-refractivity contribution in [1.82, 2.24) is 4.90 Å². The van der Waals surface area contributed by atoms with Crippen molar-refractivity contribution in [2.45, 2.75) is 26.3 Å². The van der Waals surface area contributed by atoms with Gasteiger partial charge >= 0.3 is 5.97 Å². The first kappa shape index (κ1) is 15.4. The van der Waals surface area contributed by atoms with Crippen LogP contribution in [0.5, 0.6) is 0 Å². The summed E-state index contributed by atoms with van der Waals surface area (Å²) in [5.41, 5.74) is -1.31. The molecule has 104 valence electrons. The van der Waals surface area contributed by atoms with Crippen LogP contribution in [0, 0.1) is 5.82 Å². The van der Waals surface area contributed by atoms with Gasteiger partial charge in [0, 0.05) is 12.1 Å². The molecule has 0 aliphatic heterocycles. The fourth-order valence-corrected chi connectivity index (χ4v) is 1.81. The number of carboxylic acid groups (broad SMARTS) is 1. The third-order valence-corrected chi connectivity index (χ3v) is 3.23. The van der Waals surface area contributed by atoms with Gasteiger partial charge in [-0.05, 0) is 39.0 Å². The molecule has 19 heavy (non-hydrogen) atoms. The number of carbonyl (C=O) groups is 2. The summed E-state index contributed by atoms with van der Waals surface area (Å²) >= 11 is 5.55. The van der Waals surface area contributed by atoms with E-state index in [0.29, 0.717) is 0 Å². The van der Waals surface area contributed by atoms with Gasteiger partial charge in [0.25, 0.3) is 5.91 Å². The highest BCUT2D eigenvalue weighted by Gasteiger charge is 2.37. The van der Waals surface area contributed by atoms with Gasteiger partial charge < -0.3 is 10.0 Å². The van der Waals surface area contributed by atoms with E-state index >= 15 is 0 Å². The van der Waals surface area contributed by atoms with Crippen LogP contribution >= 0.6 is 11.6 Å². The van der Waals surface area contributed by atoms with Crippen LogP contribution in [0.3, 0.4) is 0 Å². The predicted molar refractivity (Wildman–Crippen MR) is 69.8 cm³/mol. The zero-order valence-corrected chi connectivity index (χ0v) is 11.7. The molecule has 0 aliphatic rings. The first-order valence-electron chi connectivity index (χ1n) is 5.72. The monoisotopic (exact) mass is 287 g/mol. The molecule has 0 unspecified atom stereocenters. The lowest BCUT2D eigenvalue weighted by Crippen LogP contribution is -2.52. The van der Waals surface area contributed by atoms with E-state index < -0.39 is 23.2 Å². The smallest absolute Gasteiger partial charge is 0.329 e. The van der Waals surface area contributed by atoms with E-state index in [1.807, 2.05) is 0 Å². The number of benzene rings is 1. The summed E-state index contributed by atoms with van der Waals surface area (Å²) < 4.78 is 13.3. The SMILES string of the molecule is CCN(C(=O)c1ccc(Cl)c(F)c1)C(C)(C)C(=O)O. The molecule has 0 saturated heterocycles. The summed E-state index contributed by atoms with van der Waals surface area (Å²) in [4.78, 5) is 24.6. The van der Waals surface area contributed by atoms with Crippen molar-refractivity contribution in [2.24, 2.45) is 0 Å². The normalized spacial score (nSPS) is 11.2. The molecular weight excluding hydrogens is 273 g/mol. The molecule has 0 saturated carbocycles. The van der Waals surface area contributed by atoms with Gasteiger partial charge in [-0.1, -0.05) is 11.6 Å². The second-order valence-electron chi connectivity index (χ2n) is 4.54. The van der Waals surface area contributed by atoms with Crippen LogP contribution in [0.4, 0.5) is 4.39 Å². The van der Waals surface area contributed by atoms with Gasteiger partial charge in [-0.25, -0.2) is 9.18 Å². The van der Waals surface area contributed by atoms with E-state index in [1.54, 1.807) is 6.92 Å². The van der Waals surface area contributed by atoms with Gasteiger partial charge in [-0.3, -0.25) is 4.79 Å². The lowest BCUT2D eigenvalue weighted by molar-refractivity contribution is -0.147. The lowest BCUT2D eigenvalue weighted by atomic mass is 10.0. The molecule has 0 aromatic heterocycles. The Balaban J connectivity index is 3.15. The minimum Gasteiger partial charge on any atom is -0.480 e. The maximum Gasteiger partial charge on any atom is 0.329 e. The Morgan fingerprint density at radius 3 is 2.42 bits per heavy atom. The number of hydrogen-bond acceptors (Lipinski definition) is 2. The number of aliphatic carboxylic acids is 1. The van der Waals surface area contributed by atoms with Gasteiger partial charge in [0.15, 0.2) is 0 Å². The van der Waals surface area contributed by atoms with Crippen LogP contribution in [-0.4, -0.2) is 34.0 Å². The Kier molecular flexibility index (Phi) is 4.52. The van der Waals surface area contributed by atoms with Crippen molar-refractivity contribution in [2.75, 3.05) is 6.54 Å². The van der Waals surface area contributed by atoms with E-state index in [0.717, 1.165) is 11.0 Å². The molecule has 0 atom stereocenters. The van der Waals surface area contributed by atoms with E-state index in [9.17, 15) is 14.0 Å². The molecule has 0 bridgehead atoms. The molecule has 0 heterocycles. The first-order chi connectivity index (χ1) is 8.71. The minimum atomic E-state index is -1.37. The number of amides is 1. The first-order valence-corrected chi connectivity index (χ1v) is 6.10. The Morgan fingerprint density at radius 1 is 1.42 bits per heavy atom. The average Bonchev–Trinajstić information content (AvgIpc) is 2.32. The Labute approximate surface area is 115 Å². The summed E-state index contributed by atoms with van der Waals surface area (Å²) in [5, 5.41) is 9.06. The second-order valence-corrected chi connectivity index (χ2v) is 4.95. The van der Waals surface area contributed by atoms with Gasteiger partial charge in [-0.15, -0.1) is 0 Å². The fourth-order valence-electron chi connectivity index (χ4n) is 1.69. The zero-order valence-electron chi connectivity index (χ0n) is 10.9. The Bertz CT molecular complexity index is 517. The molecule has 1 aromatic rings. The van der Waals surface area contributed by atoms with Crippen molar-refractivity contribution in [3.63, 3.8) is 0 Å². The summed E-state index contributed by atoms with van der Waals surface area (Å²) in [6.45, 7) is 4.70. The summed E-state index contributed by atoms with van der Waals surface area (Å²) in [5.74, 6) is -2.39. The number of nitrogens with zero attached hydrogens (tertiary/aromatic N) is 1. The molecule has 6 heteroatoms. The van der Waals surface area contributed by atoms with E-state index in [1.165, 1.54) is 26.0 Å². The molecule has 1 amide bonds. The van der Waals surface area contributed by atoms with E-state index in [4.69, 9.17) is 16.7 Å². The molecule has 0 aliphatic carbocycles. The molecule has 1 aromatic carbocycles. The lowest BCUT2D eigenvalue weighted by Gasteiger charge is -2.34. The fraction of sp³-hybridized carbons (Fsp3) is 0.385. The maximum atomic E-state index is 13.3. The van der Waals surface area contributed by atoms with Crippen molar-refractivity contribution < 1.29 is 19.1 Å². The highest BCUT2D eigenvalue weighted by atomic mass is 35.5. The van der Waals surface area contributed by atoms with Crippen LogP contribution in [-0.2, 0) is 4.79 Å². The highest BCUT2D eigenvalue weighted by Crippen LogP contribution is 2.21. The summed E-state index contributed by atoms with van der Waals surface area (Å²) in [6.07, 6.45) is 0. The quantitative estimate of drug-likeness (QED) is 0.926. The van der Waals surface area contributed by atoms with Crippen molar-refractivity contribution in [1.29, 1.82) is 0 Å². The van der Waals surface area contributed by atoms with Crippen LogP contribution in [0.1, 0.15) is 31.1 Å². The van der Waals surface area contributed by atoms with E-state index in [-0.39, 0.29) is 17.1 Å². The number of carbonyl (C=O) groups excluding carboxylic acids is 1. The number of hydrogen-bond donors (Lipinski definition) is 1. The van der Waals surface area contributed by atoms with Gasteiger partial charge in [0.1, 0.15) is 11.4 Å². The van der Waals surface area contributed by atoms with Gasteiger partial charge in [-0.2, -0.15) is 0 Å². The predicted octanol–water partition coefficient (Wildman–Crippen LogP) is 2.80. The molecule has 1 rings (SSSR count). The minimum absolute atomic E-state index is 0.0677. The number of likely N-dealkylation sites (N-methyl/N-ethyl adjacent to an activating group) is 1. The molecule has 0 spiro atoms. The second kappa shape index (κ2) is 5.57. The van der Waals surface area contributed by atoms with Crippen molar-refractivity contribution in [3.05, 3.63) is 34.6 Å². The number of halogens is 2. The summed E-state index contributed by atoms with van der Waals surface area (Å²) in [6, 6.07) is 3.64. The van der Waals surface area contributed by atoms with Crippen molar-refractivity contribution in [3.8, 4) is 0 Å². The molecular formula is C13H15ClFNO3. The Morgan fingerprint density at radius 2 is 2.00 bits per heavy atom. The van der Waals surface area contributed by atoms with Crippen LogP contribution < -0.4 is 0 Å². The van der Waals surface area contributed by atoms with Crippen LogP contribution in [0.2, 0.25) is 5.02 Å². The number of rotatable bonds is 4. The highest BCUT2D eigenvalue weighted by molar-refractivity contribution is 6.30. The molecule has 4 nitrogen and oxygen atoms in total. The standard InChI is InChI=1S/C13H15ClFNO3/c1-4-16(13(2,3)12(18)19)11(17)8-5-6-9(14)10(15)7-8/h5-7H,4H2,1-3H3,(H,18,19). The van der Waals surface area contributed by atoms with Crippen LogP contribution in [0.15, 0.2) is 18.2 Å². The molecule has 0 fully saturated rings. The topological polar surface area (TPSA) is 57.6 Å². The molecule has 0 radical (unpaired) electrons. The van der Waals surface area contributed by atoms with Crippen molar-refractivity contribution >= 4 is 23.5 Å². The third kappa shape index (κ3) is 3.04. The number of carboxylic acids is 1. The zero-order chi connectivity index (χ0) is 14.8. The molecule has 1 N–H and O–H groups in total. The maximum absolute atomic E-state index is 13.3. The average molecular weight is 288 g/mol. The van der Waals surface area contributed by atoms with Gasteiger partial charge in [0.2, 0.25) is 0 Å². The largest absolute Gasteiger partial charge is 0.480 e. The van der Waals surface area contributed by atoms with Crippen LogP contribution in [0.25, 0.3) is 0 Å². The third-order valence-electron chi connectivity index (χ3n) is 2.93. The Hall–Kier alpha value is -1.62. The van der Waals surface area contributed by atoms with E-state index in [2.05, 4.69) is 0 Å².